The summed E-state index contributed by atoms with van der Waals surface area (Å²) in [6, 6.07) is 6.70. The lowest BCUT2D eigenvalue weighted by Crippen LogP contribution is -2.09. The minimum absolute atomic E-state index is 0.00420. The van der Waals surface area contributed by atoms with Gasteiger partial charge in [0.15, 0.2) is 0 Å². The number of nitrogens with zero attached hydrogens (tertiary/aromatic N) is 1. The largest absolute Gasteiger partial charge is 0.378 e. The van der Waals surface area contributed by atoms with Gasteiger partial charge in [0.25, 0.3) is 5.69 Å². The molecule has 1 unspecified atom stereocenters. The first kappa shape index (κ1) is 13.3. The molecule has 6 nitrogen and oxygen atoms in total. The topological polar surface area (TPSA) is 93.2 Å². The number of nitrogens with two attached hydrogens (primary N) is 1. The molecule has 0 radical (unpaired) electrons. The van der Waals surface area contributed by atoms with Crippen LogP contribution in [0.15, 0.2) is 35.0 Å². The van der Waals surface area contributed by atoms with Crippen molar-refractivity contribution in [3.8, 4) is 0 Å². The molecule has 0 amide bonds. The van der Waals surface area contributed by atoms with Crippen LogP contribution in [0.3, 0.4) is 0 Å². The second kappa shape index (κ2) is 5.68. The zero-order valence-electron chi connectivity index (χ0n) is 10.3. The van der Waals surface area contributed by atoms with Gasteiger partial charge in [0.05, 0.1) is 10.6 Å². The zero-order valence-corrected chi connectivity index (χ0v) is 11.1. The molecule has 1 atom stereocenters. The summed E-state index contributed by atoms with van der Waals surface area (Å²) in [5.41, 5.74) is 4.71. The summed E-state index contributed by atoms with van der Waals surface area (Å²) in [5.74, 6) is 5.31. The lowest BCUT2D eigenvalue weighted by molar-refractivity contribution is -0.384. The van der Waals surface area contributed by atoms with Crippen LogP contribution in [-0.4, -0.2) is 4.92 Å². The van der Waals surface area contributed by atoms with E-state index in [4.69, 9.17) is 5.84 Å². The number of thiophene rings is 1. The maximum atomic E-state index is 10.8. The van der Waals surface area contributed by atoms with Gasteiger partial charge in [-0.1, -0.05) is 0 Å². The third-order valence-corrected chi connectivity index (χ3v) is 3.42. The van der Waals surface area contributed by atoms with Crippen LogP contribution in [-0.2, 0) is 0 Å². The average molecular weight is 278 g/mol. The number of hydrogen-bond donors (Lipinski definition) is 3. The molecule has 0 saturated heterocycles. The SMILES string of the molecule is CC(Nc1cc(NN)cc([N+](=O)[O-])c1)c1ccsc1. The average Bonchev–Trinajstić information content (AvgIpc) is 2.92. The van der Waals surface area contributed by atoms with Crippen LogP contribution >= 0.6 is 11.3 Å². The Morgan fingerprint density at radius 3 is 2.68 bits per heavy atom. The normalized spacial score (nSPS) is 11.9. The van der Waals surface area contributed by atoms with Crippen molar-refractivity contribution in [1.29, 1.82) is 0 Å². The Morgan fingerprint density at radius 2 is 2.11 bits per heavy atom. The van der Waals surface area contributed by atoms with Crippen LogP contribution in [0.5, 0.6) is 0 Å². The van der Waals surface area contributed by atoms with Crippen LogP contribution < -0.4 is 16.6 Å². The van der Waals surface area contributed by atoms with Crippen LogP contribution in [0.4, 0.5) is 17.1 Å². The van der Waals surface area contributed by atoms with Crippen molar-refractivity contribution in [3.05, 3.63) is 50.7 Å². The number of nitrogens with one attached hydrogen (secondary N) is 2. The lowest BCUT2D eigenvalue weighted by Gasteiger charge is -2.14. The molecule has 2 aromatic rings. The quantitative estimate of drug-likeness (QED) is 0.444. The van der Waals surface area contributed by atoms with Crippen molar-refractivity contribution in [2.75, 3.05) is 10.7 Å². The molecule has 100 valence electrons. The molecule has 0 aliphatic carbocycles. The van der Waals surface area contributed by atoms with Crippen LogP contribution in [0, 0.1) is 10.1 Å². The molecule has 1 aromatic carbocycles. The summed E-state index contributed by atoms with van der Waals surface area (Å²) in [5, 5.41) is 18.1. The van der Waals surface area contributed by atoms with E-state index in [2.05, 4.69) is 10.7 Å². The van der Waals surface area contributed by atoms with Crippen molar-refractivity contribution >= 4 is 28.4 Å². The van der Waals surface area contributed by atoms with Crippen LogP contribution in [0.25, 0.3) is 0 Å². The fourth-order valence-electron chi connectivity index (χ4n) is 1.74. The summed E-state index contributed by atoms with van der Waals surface area (Å²) < 4.78 is 0. The number of benzene rings is 1. The number of rotatable bonds is 5. The van der Waals surface area contributed by atoms with Gasteiger partial charge in [0.1, 0.15) is 0 Å². The molecule has 1 aromatic heterocycles. The molecule has 0 aliphatic heterocycles. The van der Waals surface area contributed by atoms with E-state index >= 15 is 0 Å². The predicted octanol–water partition coefficient (Wildman–Crippen LogP) is 3.12. The summed E-state index contributed by atoms with van der Waals surface area (Å²) >= 11 is 1.61. The number of nitro groups is 1. The Morgan fingerprint density at radius 1 is 1.37 bits per heavy atom. The van der Waals surface area contributed by atoms with Crippen molar-refractivity contribution < 1.29 is 4.92 Å². The molecule has 0 fully saturated rings. The number of nitro benzene ring substituents is 1. The molecule has 7 heteroatoms. The van der Waals surface area contributed by atoms with Crippen molar-refractivity contribution in [3.63, 3.8) is 0 Å². The summed E-state index contributed by atoms with van der Waals surface area (Å²) in [6.45, 7) is 2.00. The molecule has 0 spiro atoms. The first-order valence-corrected chi connectivity index (χ1v) is 6.59. The molecular weight excluding hydrogens is 264 g/mol. The van der Waals surface area contributed by atoms with E-state index in [-0.39, 0.29) is 11.7 Å². The summed E-state index contributed by atoms with van der Waals surface area (Å²) in [7, 11) is 0. The minimum atomic E-state index is -0.443. The lowest BCUT2D eigenvalue weighted by atomic mass is 10.1. The second-order valence-corrected chi connectivity index (χ2v) is 4.87. The first-order valence-electron chi connectivity index (χ1n) is 5.65. The van der Waals surface area contributed by atoms with Crippen molar-refractivity contribution in [2.45, 2.75) is 13.0 Å². The van der Waals surface area contributed by atoms with Gasteiger partial charge in [-0.2, -0.15) is 11.3 Å². The highest BCUT2D eigenvalue weighted by molar-refractivity contribution is 7.07. The number of hydrogen-bond acceptors (Lipinski definition) is 6. The van der Waals surface area contributed by atoms with E-state index in [1.807, 2.05) is 23.8 Å². The van der Waals surface area contributed by atoms with Crippen molar-refractivity contribution in [2.24, 2.45) is 5.84 Å². The third-order valence-electron chi connectivity index (χ3n) is 2.72. The molecule has 2 rings (SSSR count). The molecule has 0 bridgehead atoms. The Balaban J connectivity index is 2.24. The van der Waals surface area contributed by atoms with Gasteiger partial charge < -0.3 is 10.7 Å². The molecule has 19 heavy (non-hydrogen) atoms. The number of hydrazine groups is 1. The Labute approximate surface area is 114 Å². The monoisotopic (exact) mass is 278 g/mol. The van der Waals surface area contributed by atoms with Crippen LogP contribution in [0.1, 0.15) is 18.5 Å². The Bertz CT molecular complexity index is 571. The van der Waals surface area contributed by atoms with E-state index in [0.717, 1.165) is 5.56 Å². The van der Waals surface area contributed by atoms with Gasteiger partial charge in [-0.15, -0.1) is 0 Å². The number of nitrogen functional groups attached to an aromatic ring is 1. The highest BCUT2D eigenvalue weighted by atomic mass is 32.1. The van der Waals surface area contributed by atoms with Gasteiger partial charge in [-0.25, -0.2) is 0 Å². The third kappa shape index (κ3) is 3.21. The van der Waals surface area contributed by atoms with Gasteiger partial charge in [0.2, 0.25) is 0 Å². The molecule has 4 N–H and O–H groups in total. The van der Waals surface area contributed by atoms with Crippen LogP contribution in [0.2, 0.25) is 0 Å². The predicted molar refractivity (Wildman–Crippen MR) is 77.3 cm³/mol. The van der Waals surface area contributed by atoms with Gasteiger partial charge in [-0.3, -0.25) is 16.0 Å². The highest BCUT2D eigenvalue weighted by Gasteiger charge is 2.12. The first-order chi connectivity index (χ1) is 9.10. The number of non-ortho nitro benzene ring substituents is 1. The van der Waals surface area contributed by atoms with E-state index in [1.165, 1.54) is 12.1 Å². The zero-order chi connectivity index (χ0) is 13.8. The maximum absolute atomic E-state index is 10.8. The molecule has 0 saturated carbocycles. The minimum Gasteiger partial charge on any atom is -0.378 e. The number of anilines is 2. The Hall–Kier alpha value is -2.12. The second-order valence-electron chi connectivity index (χ2n) is 4.09. The smallest absolute Gasteiger partial charge is 0.273 e. The van der Waals surface area contributed by atoms with E-state index < -0.39 is 4.92 Å². The van der Waals surface area contributed by atoms with E-state index in [9.17, 15) is 10.1 Å². The van der Waals surface area contributed by atoms with Gasteiger partial charge >= 0.3 is 0 Å². The maximum Gasteiger partial charge on any atom is 0.273 e. The van der Waals surface area contributed by atoms with Gasteiger partial charge in [-0.05, 0) is 35.4 Å². The molecule has 0 aliphatic rings. The van der Waals surface area contributed by atoms with Gasteiger partial charge in [0, 0.05) is 23.9 Å². The standard InChI is InChI=1S/C12H14N4O2S/c1-8(9-2-3-19-7-9)14-10-4-11(15-13)6-12(5-10)16(17)18/h2-8,14-15H,13H2,1H3. The molecular formula is C12H14N4O2S. The Kier molecular flexibility index (Phi) is 3.98. The highest BCUT2D eigenvalue weighted by Crippen LogP contribution is 2.27. The molecule has 1 heterocycles. The van der Waals surface area contributed by atoms with E-state index in [0.29, 0.717) is 11.4 Å². The fraction of sp³-hybridized carbons (Fsp3) is 0.167. The summed E-state index contributed by atoms with van der Waals surface area (Å²) in [4.78, 5) is 10.4. The fourth-order valence-corrected chi connectivity index (χ4v) is 2.49. The van der Waals surface area contributed by atoms with Crippen molar-refractivity contribution in [1.82, 2.24) is 0 Å². The van der Waals surface area contributed by atoms with E-state index in [1.54, 1.807) is 17.4 Å². The summed E-state index contributed by atoms with van der Waals surface area (Å²) in [6.07, 6.45) is 0.